The summed E-state index contributed by atoms with van der Waals surface area (Å²) in [6, 6.07) is 0. The molecule has 0 bridgehead atoms. The molecule has 0 aliphatic carbocycles. The number of rotatable bonds is 10. The van der Waals surface area contributed by atoms with E-state index in [-0.39, 0.29) is 0 Å². The first-order valence-corrected chi connectivity index (χ1v) is 7.42. The van der Waals surface area contributed by atoms with Crippen molar-refractivity contribution in [2.24, 2.45) is 0 Å². The van der Waals surface area contributed by atoms with E-state index in [0.29, 0.717) is 0 Å². The Bertz CT molecular complexity index is 142. The van der Waals surface area contributed by atoms with Crippen molar-refractivity contribution in [2.45, 2.75) is 71.1 Å². The summed E-state index contributed by atoms with van der Waals surface area (Å²) in [5.41, 5.74) is 3.53. The van der Waals surface area contributed by atoms with Crippen LogP contribution in [0.1, 0.15) is 71.1 Å². The standard InChI is InChI=1S/C14H30N2/c1-2-3-4-5-6-7-8-9-12-15-16-13-10-11-14-16/h15H,2-14H2,1H3. The van der Waals surface area contributed by atoms with E-state index in [1.54, 1.807) is 0 Å². The molecule has 0 aromatic heterocycles. The second-order valence-corrected chi connectivity index (χ2v) is 5.08. The van der Waals surface area contributed by atoms with Gasteiger partial charge < -0.3 is 0 Å². The summed E-state index contributed by atoms with van der Waals surface area (Å²) in [5, 5.41) is 2.39. The number of hydrogen-bond donors (Lipinski definition) is 1. The highest BCUT2D eigenvalue weighted by Gasteiger charge is 2.09. The molecule has 1 N–H and O–H groups in total. The van der Waals surface area contributed by atoms with Crippen molar-refractivity contribution in [3.8, 4) is 0 Å². The molecule has 1 aliphatic rings. The lowest BCUT2D eigenvalue weighted by Crippen LogP contribution is -2.35. The molecular formula is C14H30N2. The van der Waals surface area contributed by atoms with Crippen molar-refractivity contribution < 1.29 is 0 Å². The van der Waals surface area contributed by atoms with Gasteiger partial charge in [0.25, 0.3) is 0 Å². The van der Waals surface area contributed by atoms with E-state index < -0.39 is 0 Å². The third-order valence-corrected chi connectivity index (χ3v) is 3.47. The van der Waals surface area contributed by atoms with Crippen LogP contribution in [0.4, 0.5) is 0 Å². The molecular weight excluding hydrogens is 196 g/mol. The van der Waals surface area contributed by atoms with Gasteiger partial charge in [-0.05, 0) is 19.3 Å². The summed E-state index contributed by atoms with van der Waals surface area (Å²) in [6.45, 7) is 5.99. The summed E-state index contributed by atoms with van der Waals surface area (Å²) in [7, 11) is 0. The highest BCUT2D eigenvalue weighted by molar-refractivity contribution is 4.61. The molecule has 0 amide bonds. The van der Waals surface area contributed by atoms with Crippen molar-refractivity contribution in [1.29, 1.82) is 0 Å². The third kappa shape index (κ3) is 7.24. The normalized spacial score (nSPS) is 17.1. The van der Waals surface area contributed by atoms with Crippen LogP contribution in [0, 0.1) is 0 Å². The number of hydrazine groups is 1. The predicted molar refractivity (Wildman–Crippen MR) is 71.4 cm³/mol. The Morgan fingerprint density at radius 3 is 2.00 bits per heavy atom. The van der Waals surface area contributed by atoms with Gasteiger partial charge in [0, 0.05) is 19.6 Å². The van der Waals surface area contributed by atoms with Gasteiger partial charge in [0.2, 0.25) is 0 Å². The van der Waals surface area contributed by atoms with Crippen molar-refractivity contribution in [3.05, 3.63) is 0 Å². The SMILES string of the molecule is CCCCCCCCCCNN1CCCC1. The fraction of sp³-hybridized carbons (Fsp3) is 1.00. The van der Waals surface area contributed by atoms with Crippen molar-refractivity contribution in [1.82, 2.24) is 10.4 Å². The van der Waals surface area contributed by atoms with Crippen LogP contribution in [0.2, 0.25) is 0 Å². The molecule has 2 heteroatoms. The monoisotopic (exact) mass is 226 g/mol. The van der Waals surface area contributed by atoms with E-state index in [2.05, 4.69) is 17.4 Å². The molecule has 0 atom stereocenters. The summed E-state index contributed by atoms with van der Waals surface area (Å²) < 4.78 is 0. The smallest absolute Gasteiger partial charge is 0.0131 e. The first-order chi connectivity index (χ1) is 7.93. The maximum absolute atomic E-state index is 3.53. The molecule has 0 aromatic rings. The van der Waals surface area contributed by atoms with E-state index in [9.17, 15) is 0 Å². The van der Waals surface area contributed by atoms with Crippen LogP contribution in [0.5, 0.6) is 0 Å². The quantitative estimate of drug-likeness (QED) is 0.571. The van der Waals surface area contributed by atoms with Gasteiger partial charge in [-0.2, -0.15) is 0 Å². The second kappa shape index (κ2) is 10.1. The van der Waals surface area contributed by atoms with Crippen LogP contribution >= 0.6 is 0 Å². The highest BCUT2D eigenvalue weighted by atomic mass is 15.5. The Hall–Kier alpha value is -0.0800. The Kier molecular flexibility index (Phi) is 8.83. The lowest BCUT2D eigenvalue weighted by Gasteiger charge is -2.15. The maximum atomic E-state index is 3.53. The van der Waals surface area contributed by atoms with E-state index in [4.69, 9.17) is 0 Å². The molecule has 1 aliphatic heterocycles. The highest BCUT2D eigenvalue weighted by Crippen LogP contribution is 2.08. The van der Waals surface area contributed by atoms with E-state index in [1.807, 2.05) is 0 Å². The van der Waals surface area contributed by atoms with Crippen molar-refractivity contribution in [3.63, 3.8) is 0 Å². The van der Waals surface area contributed by atoms with Crippen LogP contribution in [0.15, 0.2) is 0 Å². The number of nitrogens with one attached hydrogen (secondary N) is 1. The lowest BCUT2D eigenvalue weighted by atomic mass is 10.1. The zero-order chi connectivity index (χ0) is 11.5. The molecule has 0 radical (unpaired) electrons. The van der Waals surface area contributed by atoms with Gasteiger partial charge in [0.05, 0.1) is 0 Å². The minimum absolute atomic E-state index is 1.19. The Balaban J connectivity index is 1.71. The van der Waals surface area contributed by atoms with E-state index in [0.717, 1.165) is 0 Å². The molecule has 1 saturated heterocycles. The van der Waals surface area contributed by atoms with Crippen LogP contribution in [0.3, 0.4) is 0 Å². The van der Waals surface area contributed by atoms with Gasteiger partial charge in [-0.3, -0.25) is 5.43 Å². The molecule has 0 saturated carbocycles. The van der Waals surface area contributed by atoms with Gasteiger partial charge in [0.15, 0.2) is 0 Å². The van der Waals surface area contributed by atoms with Gasteiger partial charge in [-0.1, -0.05) is 51.9 Å². The molecule has 96 valence electrons. The second-order valence-electron chi connectivity index (χ2n) is 5.08. The Morgan fingerprint density at radius 1 is 0.812 bits per heavy atom. The van der Waals surface area contributed by atoms with E-state index >= 15 is 0 Å². The van der Waals surface area contributed by atoms with Crippen LogP contribution in [0.25, 0.3) is 0 Å². The predicted octanol–water partition coefficient (Wildman–Crippen LogP) is 3.73. The molecule has 0 aromatic carbocycles. The first kappa shape index (κ1) is 14.0. The van der Waals surface area contributed by atoms with Crippen molar-refractivity contribution >= 4 is 0 Å². The molecule has 16 heavy (non-hydrogen) atoms. The van der Waals surface area contributed by atoms with Crippen LogP contribution in [-0.4, -0.2) is 24.6 Å². The van der Waals surface area contributed by atoms with Crippen molar-refractivity contribution in [2.75, 3.05) is 19.6 Å². The van der Waals surface area contributed by atoms with Crippen LogP contribution < -0.4 is 5.43 Å². The van der Waals surface area contributed by atoms with Gasteiger partial charge >= 0.3 is 0 Å². The third-order valence-electron chi connectivity index (χ3n) is 3.47. The molecule has 1 heterocycles. The number of hydrogen-bond acceptors (Lipinski definition) is 2. The summed E-state index contributed by atoms with van der Waals surface area (Å²) >= 11 is 0. The Morgan fingerprint density at radius 2 is 1.38 bits per heavy atom. The summed E-state index contributed by atoms with van der Waals surface area (Å²) in [4.78, 5) is 0. The fourth-order valence-electron chi connectivity index (χ4n) is 2.37. The summed E-state index contributed by atoms with van der Waals surface area (Å²) in [6.07, 6.45) is 14.1. The van der Waals surface area contributed by atoms with Crippen LogP contribution in [-0.2, 0) is 0 Å². The first-order valence-electron chi connectivity index (χ1n) is 7.42. The zero-order valence-corrected chi connectivity index (χ0v) is 11.1. The molecule has 1 rings (SSSR count). The lowest BCUT2D eigenvalue weighted by molar-refractivity contribution is 0.233. The average molecular weight is 226 g/mol. The molecule has 1 fully saturated rings. The summed E-state index contributed by atoms with van der Waals surface area (Å²) in [5.74, 6) is 0. The zero-order valence-electron chi connectivity index (χ0n) is 11.1. The fourth-order valence-corrected chi connectivity index (χ4v) is 2.37. The van der Waals surface area contributed by atoms with Gasteiger partial charge in [-0.25, -0.2) is 5.01 Å². The Labute approximate surface area is 102 Å². The minimum Gasteiger partial charge on any atom is -0.255 e. The molecule has 0 unspecified atom stereocenters. The maximum Gasteiger partial charge on any atom is 0.0131 e. The molecule has 2 nitrogen and oxygen atoms in total. The minimum atomic E-state index is 1.19. The van der Waals surface area contributed by atoms with E-state index in [1.165, 1.54) is 83.8 Å². The molecule has 0 spiro atoms. The van der Waals surface area contributed by atoms with Gasteiger partial charge in [-0.15, -0.1) is 0 Å². The number of nitrogens with zero attached hydrogens (tertiary/aromatic N) is 1. The van der Waals surface area contributed by atoms with Gasteiger partial charge in [0.1, 0.15) is 0 Å². The largest absolute Gasteiger partial charge is 0.255 e. The average Bonchev–Trinajstić information content (AvgIpc) is 2.80. The topological polar surface area (TPSA) is 15.3 Å². The number of unbranched alkanes of at least 4 members (excludes halogenated alkanes) is 7.